The summed E-state index contributed by atoms with van der Waals surface area (Å²) in [6, 6.07) is 8.38. The number of nitrogens with zero attached hydrogens (tertiary/aromatic N) is 2. The van der Waals surface area contributed by atoms with E-state index >= 15 is 4.39 Å². The molecule has 208 valence electrons. The van der Waals surface area contributed by atoms with Crippen LogP contribution in [0.25, 0.3) is 0 Å². The van der Waals surface area contributed by atoms with Gasteiger partial charge in [0.05, 0.1) is 11.4 Å². The number of anilines is 1. The SMILES string of the molecule is Cc1ccccc1C(O)[C@H]1S[C@@H](n2ccc(NC(=O)OC(C)(C)C)nc2=O)[C@@H](F)[C@@H]1OC(=O)OC(C)(C)C. The van der Waals surface area contributed by atoms with E-state index in [0.717, 1.165) is 21.9 Å². The van der Waals surface area contributed by atoms with Crippen molar-refractivity contribution in [1.82, 2.24) is 9.55 Å². The van der Waals surface area contributed by atoms with Crippen LogP contribution in [0.2, 0.25) is 0 Å². The van der Waals surface area contributed by atoms with Crippen LogP contribution in [0.4, 0.5) is 19.8 Å². The molecular weight excluding hydrogens is 517 g/mol. The molecule has 1 unspecified atom stereocenters. The summed E-state index contributed by atoms with van der Waals surface area (Å²) in [5.74, 6) is -0.0723. The normalized spacial score (nSPS) is 22.4. The van der Waals surface area contributed by atoms with Crippen molar-refractivity contribution in [3.8, 4) is 0 Å². The maximum Gasteiger partial charge on any atom is 0.509 e. The van der Waals surface area contributed by atoms with Crippen LogP contribution in [-0.2, 0) is 14.2 Å². The van der Waals surface area contributed by atoms with E-state index in [2.05, 4.69) is 10.3 Å². The summed E-state index contributed by atoms with van der Waals surface area (Å²) in [5, 5.41) is 11.4. The fourth-order valence-corrected chi connectivity index (χ4v) is 5.40. The second-order valence-electron chi connectivity index (χ2n) is 10.9. The van der Waals surface area contributed by atoms with Crippen LogP contribution in [0.15, 0.2) is 41.3 Å². The van der Waals surface area contributed by atoms with Gasteiger partial charge in [0.1, 0.15) is 22.4 Å². The number of carbonyl (C=O) groups is 2. The van der Waals surface area contributed by atoms with E-state index in [9.17, 15) is 19.5 Å². The van der Waals surface area contributed by atoms with Gasteiger partial charge in [0.15, 0.2) is 12.3 Å². The standard InChI is InChI=1S/C26H34FN3O7S/c1-14-10-8-9-11-15(14)18(31)20-19(35-24(34)37-26(5,6)7)17(27)21(38-20)30-13-12-16(28-22(30)32)29-23(33)36-25(2,3)4/h8-13,17-21,31H,1-7H3,(H,28,29,32,33)/t17-,18?,19-,20+,21+/m0/s1. The molecule has 1 amide bonds. The zero-order chi connectivity index (χ0) is 28.4. The highest BCUT2D eigenvalue weighted by Crippen LogP contribution is 2.49. The average Bonchev–Trinajstić information content (AvgIpc) is 3.07. The first kappa shape index (κ1) is 29.4. The molecular formula is C26H34FN3O7S. The summed E-state index contributed by atoms with van der Waals surface area (Å²) >= 11 is 0.947. The van der Waals surface area contributed by atoms with Gasteiger partial charge < -0.3 is 19.3 Å². The number of aryl methyl sites for hydroxylation is 1. The van der Waals surface area contributed by atoms with Gasteiger partial charge in [-0.05, 0) is 65.7 Å². The van der Waals surface area contributed by atoms with Gasteiger partial charge >= 0.3 is 17.9 Å². The third kappa shape index (κ3) is 7.47. The first-order chi connectivity index (χ1) is 17.6. The van der Waals surface area contributed by atoms with Gasteiger partial charge in [-0.1, -0.05) is 24.3 Å². The third-order valence-electron chi connectivity index (χ3n) is 5.38. The Kier molecular flexibility index (Phi) is 8.77. The minimum absolute atomic E-state index is 0.0723. The molecule has 38 heavy (non-hydrogen) atoms. The van der Waals surface area contributed by atoms with Crippen molar-refractivity contribution in [2.45, 2.75) is 88.7 Å². The van der Waals surface area contributed by atoms with Crippen LogP contribution in [0.5, 0.6) is 0 Å². The summed E-state index contributed by atoms with van der Waals surface area (Å²) < 4.78 is 32.7. The summed E-state index contributed by atoms with van der Waals surface area (Å²) in [6.07, 6.45) is -5.14. The molecule has 1 saturated heterocycles. The Labute approximate surface area is 224 Å². The molecule has 0 bridgehead atoms. The molecule has 5 atom stereocenters. The Bertz CT molecular complexity index is 1220. The van der Waals surface area contributed by atoms with Crippen molar-refractivity contribution in [2.24, 2.45) is 0 Å². The van der Waals surface area contributed by atoms with E-state index in [1.807, 2.05) is 0 Å². The Morgan fingerprint density at radius 1 is 1.11 bits per heavy atom. The molecule has 0 spiro atoms. The number of aliphatic hydroxyl groups excluding tert-OH is 1. The highest BCUT2D eigenvalue weighted by Gasteiger charge is 2.52. The Morgan fingerprint density at radius 2 is 1.74 bits per heavy atom. The minimum atomic E-state index is -1.89. The predicted octanol–water partition coefficient (Wildman–Crippen LogP) is 4.90. The Morgan fingerprint density at radius 3 is 2.32 bits per heavy atom. The van der Waals surface area contributed by atoms with E-state index in [1.54, 1.807) is 72.7 Å². The summed E-state index contributed by atoms with van der Waals surface area (Å²) in [6.45, 7) is 11.8. The molecule has 2 N–H and O–H groups in total. The number of hydrogen-bond donors (Lipinski definition) is 2. The fraction of sp³-hybridized carbons (Fsp3) is 0.538. The van der Waals surface area contributed by atoms with Crippen LogP contribution in [-0.4, -0.2) is 55.6 Å². The van der Waals surface area contributed by atoms with Crippen molar-refractivity contribution in [3.05, 3.63) is 58.1 Å². The van der Waals surface area contributed by atoms with Gasteiger partial charge in [-0.2, -0.15) is 4.98 Å². The third-order valence-corrected chi connectivity index (χ3v) is 6.99. The van der Waals surface area contributed by atoms with E-state index in [4.69, 9.17) is 14.2 Å². The lowest BCUT2D eigenvalue weighted by Gasteiger charge is -2.27. The number of benzene rings is 1. The molecule has 12 heteroatoms. The molecule has 1 aromatic heterocycles. The first-order valence-electron chi connectivity index (χ1n) is 12.1. The largest absolute Gasteiger partial charge is 0.509 e. The lowest BCUT2D eigenvalue weighted by Crippen LogP contribution is -2.39. The summed E-state index contributed by atoms with van der Waals surface area (Å²) in [4.78, 5) is 41.1. The van der Waals surface area contributed by atoms with Crippen molar-refractivity contribution in [1.29, 1.82) is 0 Å². The molecule has 10 nitrogen and oxygen atoms in total. The number of halogens is 1. The van der Waals surface area contributed by atoms with E-state index in [-0.39, 0.29) is 5.82 Å². The zero-order valence-electron chi connectivity index (χ0n) is 22.4. The van der Waals surface area contributed by atoms with Crippen LogP contribution in [0.1, 0.15) is 64.1 Å². The van der Waals surface area contributed by atoms with Gasteiger partial charge in [0, 0.05) is 6.20 Å². The molecule has 0 radical (unpaired) electrons. The molecule has 1 aromatic carbocycles. The van der Waals surface area contributed by atoms with Crippen molar-refractivity contribution in [2.75, 3.05) is 5.32 Å². The van der Waals surface area contributed by atoms with Gasteiger partial charge in [-0.15, -0.1) is 11.8 Å². The van der Waals surface area contributed by atoms with Crippen LogP contribution >= 0.6 is 11.8 Å². The van der Waals surface area contributed by atoms with Gasteiger partial charge in [-0.3, -0.25) is 9.88 Å². The molecule has 0 aliphatic carbocycles. The lowest BCUT2D eigenvalue weighted by atomic mass is 9.97. The molecule has 3 rings (SSSR count). The quantitative estimate of drug-likeness (QED) is 0.498. The molecule has 1 aliphatic rings. The first-order valence-corrected chi connectivity index (χ1v) is 13.0. The van der Waals surface area contributed by atoms with Crippen molar-refractivity contribution in [3.63, 3.8) is 0 Å². The number of aliphatic hydroxyl groups is 1. The summed E-state index contributed by atoms with van der Waals surface area (Å²) in [5.41, 5.74) is -1.17. The van der Waals surface area contributed by atoms with E-state index in [0.29, 0.717) is 5.56 Å². The van der Waals surface area contributed by atoms with E-state index < -0.39 is 58.1 Å². The second kappa shape index (κ2) is 11.3. The smallest absolute Gasteiger partial charge is 0.444 e. The zero-order valence-corrected chi connectivity index (χ0v) is 23.2. The van der Waals surface area contributed by atoms with Crippen LogP contribution in [0, 0.1) is 6.92 Å². The number of alkyl halides is 1. The Balaban J connectivity index is 1.89. The van der Waals surface area contributed by atoms with Gasteiger partial charge in [0.25, 0.3) is 0 Å². The number of ether oxygens (including phenoxy) is 3. The van der Waals surface area contributed by atoms with E-state index in [1.165, 1.54) is 12.3 Å². The predicted molar refractivity (Wildman–Crippen MR) is 141 cm³/mol. The molecule has 2 heterocycles. The summed E-state index contributed by atoms with van der Waals surface area (Å²) in [7, 11) is 0. The van der Waals surface area contributed by atoms with Crippen LogP contribution in [0.3, 0.4) is 0 Å². The average molecular weight is 552 g/mol. The number of rotatable bonds is 5. The number of amides is 1. The molecule has 1 fully saturated rings. The highest BCUT2D eigenvalue weighted by atomic mass is 32.2. The number of nitrogens with one attached hydrogen (secondary N) is 1. The highest BCUT2D eigenvalue weighted by molar-refractivity contribution is 8.00. The molecule has 1 aliphatic heterocycles. The monoisotopic (exact) mass is 551 g/mol. The number of thioether (sulfide) groups is 1. The van der Waals surface area contributed by atoms with Crippen molar-refractivity contribution >= 4 is 29.8 Å². The number of aromatic nitrogens is 2. The Hall–Kier alpha value is -3.12. The maximum absolute atomic E-state index is 15.9. The van der Waals surface area contributed by atoms with Crippen molar-refractivity contribution < 1.29 is 33.3 Å². The molecule has 2 aromatic rings. The topological polar surface area (TPSA) is 129 Å². The lowest BCUT2D eigenvalue weighted by molar-refractivity contribution is -0.0515. The maximum atomic E-state index is 15.9. The van der Waals surface area contributed by atoms with Crippen LogP contribution < -0.4 is 11.0 Å². The second-order valence-corrected chi connectivity index (χ2v) is 12.2. The number of hydrogen-bond acceptors (Lipinski definition) is 9. The van der Waals surface area contributed by atoms with Gasteiger partial charge in [0.2, 0.25) is 0 Å². The van der Waals surface area contributed by atoms with Gasteiger partial charge in [-0.25, -0.2) is 18.8 Å². The fourth-order valence-electron chi connectivity index (χ4n) is 3.83. The number of carbonyl (C=O) groups excluding carboxylic acids is 2. The minimum Gasteiger partial charge on any atom is -0.444 e. The molecule has 0 saturated carbocycles.